The molecule has 1 aromatic rings. The molecule has 2 heterocycles. The molecule has 0 radical (unpaired) electrons. The maximum atomic E-state index is 12.7. The van der Waals surface area contributed by atoms with Crippen LogP contribution in [0.3, 0.4) is 0 Å². The number of guanidine groups is 1. The topological polar surface area (TPSA) is 47.9 Å². The monoisotopic (exact) mass is 314 g/mol. The molecule has 0 spiro atoms. The molecule has 2 aliphatic heterocycles. The lowest BCUT2D eigenvalue weighted by Gasteiger charge is -2.29. The highest BCUT2D eigenvalue weighted by molar-refractivity contribution is 5.97. The Balaban J connectivity index is 1.70. The first-order valence-electron chi connectivity index (χ1n) is 8.71. The molecule has 1 fully saturated rings. The number of anilines is 1. The fourth-order valence-corrected chi connectivity index (χ4v) is 3.38. The van der Waals surface area contributed by atoms with E-state index in [1.807, 2.05) is 23.1 Å². The Labute approximate surface area is 138 Å². The minimum absolute atomic E-state index is 0.0896. The lowest BCUT2D eigenvalue weighted by molar-refractivity contribution is -0.117. The molecule has 0 aromatic heterocycles. The largest absolute Gasteiger partial charge is 0.357 e. The number of nitrogens with one attached hydrogen (secondary N) is 1. The Morgan fingerprint density at radius 2 is 1.96 bits per heavy atom. The molecular formula is C18H26N4O. The van der Waals surface area contributed by atoms with Gasteiger partial charge < -0.3 is 15.1 Å². The summed E-state index contributed by atoms with van der Waals surface area (Å²) in [5.41, 5.74) is 2.33. The molecule has 0 bridgehead atoms. The van der Waals surface area contributed by atoms with Gasteiger partial charge >= 0.3 is 0 Å². The van der Waals surface area contributed by atoms with E-state index in [9.17, 15) is 4.79 Å². The number of benzene rings is 1. The minimum Gasteiger partial charge on any atom is -0.357 e. The van der Waals surface area contributed by atoms with Crippen LogP contribution in [0, 0.1) is 0 Å². The highest BCUT2D eigenvalue weighted by Crippen LogP contribution is 2.26. The summed E-state index contributed by atoms with van der Waals surface area (Å²) >= 11 is 0. The molecule has 1 saturated heterocycles. The molecule has 3 rings (SSSR count). The van der Waals surface area contributed by atoms with Crippen LogP contribution in [0.25, 0.3) is 0 Å². The second-order valence-electron chi connectivity index (χ2n) is 6.14. The van der Waals surface area contributed by atoms with Crippen LogP contribution in [0.1, 0.15) is 31.7 Å². The van der Waals surface area contributed by atoms with E-state index in [1.54, 1.807) is 0 Å². The van der Waals surface area contributed by atoms with Crippen molar-refractivity contribution < 1.29 is 4.79 Å². The Kier molecular flexibility index (Phi) is 5.16. The number of hydrogen-bond acceptors (Lipinski definition) is 2. The van der Waals surface area contributed by atoms with Crippen LogP contribution in [0.5, 0.6) is 0 Å². The fourth-order valence-electron chi connectivity index (χ4n) is 3.38. The number of aryl methyl sites for hydroxylation is 1. The van der Waals surface area contributed by atoms with Crippen molar-refractivity contribution in [3.63, 3.8) is 0 Å². The molecule has 0 saturated carbocycles. The van der Waals surface area contributed by atoms with Crippen LogP contribution in [0.15, 0.2) is 29.3 Å². The molecule has 0 aliphatic carbocycles. The predicted molar refractivity (Wildman–Crippen MR) is 93.9 cm³/mol. The van der Waals surface area contributed by atoms with Gasteiger partial charge in [-0.2, -0.15) is 0 Å². The predicted octanol–water partition coefficient (Wildman–Crippen LogP) is 2.03. The number of hydrogen-bond donors (Lipinski definition) is 1. The van der Waals surface area contributed by atoms with Crippen molar-refractivity contribution in [2.24, 2.45) is 4.99 Å². The number of fused-ring (bicyclic) bond motifs is 1. The number of carbonyl (C=O) groups is 1. The van der Waals surface area contributed by atoms with E-state index >= 15 is 0 Å². The number of para-hydroxylation sites is 1. The summed E-state index contributed by atoms with van der Waals surface area (Å²) in [5, 5.41) is 3.31. The number of nitrogens with zero attached hydrogens (tertiary/aromatic N) is 3. The van der Waals surface area contributed by atoms with E-state index in [0.717, 1.165) is 50.7 Å². The molecule has 124 valence electrons. The molecule has 1 N–H and O–H groups in total. The summed E-state index contributed by atoms with van der Waals surface area (Å²) in [6.07, 6.45) is 4.49. The van der Waals surface area contributed by atoms with Gasteiger partial charge in [0.1, 0.15) is 6.54 Å². The van der Waals surface area contributed by atoms with Gasteiger partial charge in [0.15, 0.2) is 5.96 Å². The fraction of sp³-hybridized carbons (Fsp3) is 0.556. The van der Waals surface area contributed by atoms with Crippen molar-refractivity contribution in [3.8, 4) is 0 Å². The molecule has 1 amide bonds. The second-order valence-corrected chi connectivity index (χ2v) is 6.14. The van der Waals surface area contributed by atoms with Gasteiger partial charge in [-0.25, -0.2) is 4.99 Å². The smallest absolute Gasteiger partial charge is 0.248 e. The van der Waals surface area contributed by atoms with Crippen molar-refractivity contribution in [3.05, 3.63) is 29.8 Å². The first-order valence-corrected chi connectivity index (χ1v) is 8.71. The highest BCUT2D eigenvalue weighted by atomic mass is 16.2. The summed E-state index contributed by atoms with van der Waals surface area (Å²) in [5.74, 6) is 0.968. The summed E-state index contributed by atoms with van der Waals surface area (Å²) in [4.78, 5) is 21.4. The normalized spacial score (nSPS) is 18.0. The molecule has 5 nitrogen and oxygen atoms in total. The summed E-state index contributed by atoms with van der Waals surface area (Å²) in [6, 6.07) is 8.21. The van der Waals surface area contributed by atoms with E-state index < -0.39 is 0 Å². The average Bonchev–Trinajstić information content (AvgIpc) is 3.12. The van der Waals surface area contributed by atoms with Crippen molar-refractivity contribution in [2.45, 2.75) is 32.6 Å². The molecular weight excluding hydrogens is 288 g/mol. The van der Waals surface area contributed by atoms with Crippen molar-refractivity contribution >= 4 is 17.6 Å². The standard InChI is InChI=1S/C18H26N4O/c1-2-19-18(21-11-5-6-12-21)20-14-17(23)22-13-7-9-15-8-3-4-10-16(15)22/h3-4,8,10H,2,5-7,9,11-14H2,1H3,(H,19,20). The van der Waals surface area contributed by atoms with Crippen LogP contribution < -0.4 is 10.2 Å². The first-order chi connectivity index (χ1) is 11.3. The maximum Gasteiger partial charge on any atom is 0.248 e. The Hall–Kier alpha value is -2.04. The van der Waals surface area contributed by atoms with Gasteiger partial charge in [0.2, 0.25) is 5.91 Å². The van der Waals surface area contributed by atoms with Gasteiger partial charge in [-0.15, -0.1) is 0 Å². The van der Waals surface area contributed by atoms with Crippen LogP contribution in [-0.2, 0) is 11.2 Å². The first kappa shape index (κ1) is 15.8. The van der Waals surface area contributed by atoms with Crippen molar-refractivity contribution in [1.82, 2.24) is 10.2 Å². The molecule has 23 heavy (non-hydrogen) atoms. The quantitative estimate of drug-likeness (QED) is 0.686. The third kappa shape index (κ3) is 3.66. The summed E-state index contributed by atoms with van der Waals surface area (Å²) < 4.78 is 0. The molecule has 1 aromatic carbocycles. The zero-order valence-electron chi connectivity index (χ0n) is 13.9. The number of aliphatic imine (C=N–C) groups is 1. The Morgan fingerprint density at radius 1 is 1.17 bits per heavy atom. The van der Waals surface area contributed by atoms with Crippen LogP contribution in [0.2, 0.25) is 0 Å². The summed E-state index contributed by atoms with van der Waals surface area (Å²) in [7, 11) is 0. The number of carbonyl (C=O) groups excluding carboxylic acids is 1. The third-order valence-electron chi connectivity index (χ3n) is 4.52. The van der Waals surface area contributed by atoms with Gasteiger partial charge in [-0.1, -0.05) is 18.2 Å². The molecule has 0 unspecified atom stereocenters. The number of amides is 1. The molecule has 2 aliphatic rings. The van der Waals surface area contributed by atoms with Gasteiger partial charge in [0.25, 0.3) is 0 Å². The van der Waals surface area contributed by atoms with Gasteiger partial charge in [0.05, 0.1) is 0 Å². The lowest BCUT2D eigenvalue weighted by atomic mass is 10.0. The molecule has 5 heteroatoms. The summed E-state index contributed by atoms with van der Waals surface area (Å²) in [6.45, 7) is 5.97. The average molecular weight is 314 g/mol. The van der Waals surface area contributed by atoms with Crippen molar-refractivity contribution in [1.29, 1.82) is 0 Å². The van der Waals surface area contributed by atoms with Crippen LogP contribution in [-0.4, -0.2) is 49.5 Å². The Morgan fingerprint density at radius 3 is 2.74 bits per heavy atom. The highest BCUT2D eigenvalue weighted by Gasteiger charge is 2.22. The van der Waals surface area contributed by atoms with Gasteiger partial charge in [0, 0.05) is 31.9 Å². The number of rotatable bonds is 3. The van der Waals surface area contributed by atoms with E-state index in [1.165, 1.54) is 18.4 Å². The SMILES string of the molecule is CCNC(=NCC(=O)N1CCCc2ccccc21)N1CCCC1. The van der Waals surface area contributed by atoms with Crippen molar-refractivity contribution in [2.75, 3.05) is 37.6 Å². The lowest BCUT2D eigenvalue weighted by Crippen LogP contribution is -2.41. The maximum absolute atomic E-state index is 12.7. The van der Waals surface area contributed by atoms with E-state index in [-0.39, 0.29) is 12.5 Å². The number of likely N-dealkylation sites (tertiary alicyclic amines) is 1. The minimum atomic E-state index is 0.0896. The van der Waals surface area contributed by atoms with Gasteiger partial charge in [-0.3, -0.25) is 4.79 Å². The zero-order chi connectivity index (χ0) is 16.1. The van der Waals surface area contributed by atoms with E-state index in [4.69, 9.17) is 0 Å². The van der Waals surface area contributed by atoms with E-state index in [2.05, 4.69) is 28.2 Å². The second kappa shape index (κ2) is 7.49. The van der Waals surface area contributed by atoms with Crippen LogP contribution in [0.4, 0.5) is 5.69 Å². The Bertz CT molecular complexity index is 578. The van der Waals surface area contributed by atoms with Gasteiger partial charge in [-0.05, 0) is 44.2 Å². The zero-order valence-corrected chi connectivity index (χ0v) is 13.9. The van der Waals surface area contributed by atoms with Crippen LogP contribution >= 0.6 is 0 Å². The van der Waals surface area contributed by atoms with E-state index in [0.29, 0.717) is 0 Å². The third-order valence-corrected chi connectivity index (χ3v) is 4.52. The molecule has 0 atom stereocenters.